The molecule has 0 saturated carbocycles. The standard InChI is InChI=1S/2C26H29N5O3S/c2*1-5-23-24(31-16-18(3)28-19(4)25(31)29-23)21-10-8-20(9-11-21)14-15-27-26(32)30-35(33,34)22-12-6-17(2)7-13-22/h2*6-13,16H,5,14-15H2,1-4H3,(H2,27,30,32). The van der Waals surface area contributed by atoms with Crippen molar-refractivity contribution in [3.05, 3.63) is 166 Å². The van der Waals surface area contributed by atoms with Crippen molar-refractivity contribution < 1.29 is 26.4 Å². The van der Waals surface area contributed by atoms with Crippen LogP contribution >= 0.6 is 0 Å². The lowest BCUT2D eigenvalue weighted by Crippen LogP contribution is -2.40. The first-order chi connectivity index (χ1) is 33.3. The zero-order chi connectivity index (χ0) is 50.3. The molecule has 0 bridgehead atoms. The lowest BCUT2D eigenvalue weighted by molar-refractivity contribution is 0.245. The molecule has 18 heteroatoms. The van der Waals surface area contributed by atoms with Crippen molar-refractivity contribution in [2.45, 2.75) is 90.9 Å². The molecule has 0 fully saturated rings. The first-order valence-corrected chi connectivity index (χ1v) is 26.0. The van der Waals surface area contributed by atoms with Gasteiger partial charge in [-0.25, -0.2) is 45.8 Å². The molecule has 4 amide bonds. The molecule has 4 N–H and O–H groups in total. The molecular weight excluding hydrogens is 925 g/mol. The molecule has 0 aliphatic rings. The summed E-state index contributed by atoms with van der Waals surface area (Å²) < 4.78 is 57.7. The summed E-state index contributed by atoms with van der Waals surface area (Å²) in [5.74, 6) is 0. The summed E-state index contributed by atoms with van der Waals surface area (Å²) >= 11 is 0. The Bertz CT molecular complexity index is 3180. The highest BCUT2D eigenvalue weighted by Gasteiger charge is 2.20. The number of hydrogen-bond acceptors (Lipinski definition) is 10. The monoisotopic (exact) mass is 982 g/mol. The Balaban J connectivity index is 0.000000206. The molecule has 364 valence electrons. The SMILES string of the molecule is CCc1nc2c(C)nc(C)cn2c1-c1ccc(CCNC(=O)NS(=O)(=O)c2ccc(C)cc2)cc1.CCc1nc2c(C)nc(C)cn2c1-c1ccc(CCNC(=O)NS(=O)(=O)c2ccc(C)cc2)cc1. The van der Waals surface area contributed by atoms with Crippen molar-refractivity contribution in [2.24, 2.45) is 0 Å². The van der Waals surface area contributed by atoms with Crippen molar-refractivity contribution in [3.8, 4) is 22.5 Å². The summed E-state index contributed by atoms with van der Waals surface area (Å²) in [6.07, 6.45) is 6.75. The van der Waals surface area contributed by atoms with Gasteiger partial charge in [0.1, 0.15) is 0 Å². The van der Waals surface area contributed by atoms with Crippen molar-refractivity contribution in [2.75, 3.05) is 13.1 Å². The fraction of sp³-hybridized carbons (Fsp3) is 0.269. The summed E-state index contributed by atoms with van der Waals surface area (Å²) in [5.41, 5.74) is 15.6. The Hall–Kier alpha value is -7.44. The van der Waals surface area contributed by atoms with Gasteiger partial charge in [-0.3, -0.25) is 18.8 Å². The Morgan fingerprint density at radius 2 is 0.829 bits per heavy atom. The van der Waals surface area contributed by atoms with Gasteiger partial charge in [0.25, 0.3) is 20.0 Å². The number of rotatable bonds is 14. The highest BCUT2D eigenvalue weighted by Crippen LogP contribution is 2.29. The first-order valence-electron chi connectivity index (χ1n) is 23.0. The van der Waals surface area contributed by atoms with Crippen LogP contribution in [0.25, 0.3) is 33.8 Å². The number of hydrogen-bond donors (Lipinski definition) is 4. The molecule has 70 heavy (non-hydrogen) atoms. The largest absolute Gasteiger partial charge is 0.337 e. The van der Waals surface area contributed by atoms with E-state index in [2.05, 4.69) is 52.7 Å². The van der Waals surface area contributed by atoms with Crippen LogP contribution in [-0.2, 0) is 45.7 Å². The Morgan fingerprint density at radius 1 is 0.486 bits per heavy atom. The van der Waals surface area contributed by atoms with Gasteiger partial charge in [0.05, 0.1) is 55.3 Å². The van der Waals surface area contributed by atoms with E-state index in [1.165, 1.54) is 24.3 Å². The van der Waals surface area contributed by atoms with Crippen molar-refractivity contribution in [1.29, 1.82) is 0 Å². The number of nitrogens with zero attached hydrogens (tertiary/aromatic N) is 6. The summed E-state index contributed by atoms with van der Waals surface area (Å²) in [6.45, 7) is 16.4. The molecule has 0 unspecified atom stereocenters. The van der Waals surface area contributed by atoms with E-state index in [4.69, 9.17) is 9.97 Å². The van der Waals surface area contributed by atoms with Crippen LogP contribution in [0.1, 0.15) is 70.3 Å². The van der Waals surface area contributed by atoms with Crippen molar-refractivity contribution in [1.82, 2.24) is 48.8 Å². The van der Waals surface area contributed by atoms with E-state index in [1.54, 1.807) is 24.3 Å². The number of imidazole rings is 2. The molecule has 0 radical (unpaired) electrons. The number of nitrogens with one attached hydrogen (secondary N) is 4. The van der Waals surface area contributed by atoms with E-state index in [9.17, 15) is 26.4 Å². The third-order valence-corrected chi connectivity index (χ3v) is 14.3. The van der Waals surface area contributed by atoms with Gasteiger partial charge < -0.3 is 10.6 Å². The molecule has 8 rings (SSSR count). The van der Waals surface area contributed by atoms with Crippen LogP contribution in [0.3, 0.4) is 0 Å². The number of carbonyl (C=O) groups excluding carboxylic acids is 2. The average molecular weight is 983 g/mol. The lowest BCUT2D eigenvalue weighted by atomic mass is 10.0. The Labute approximate surface area is 409 Å². The average Bonchev–Trinajstić information content (AvgIpc) is 3.88. The van der Waals surface area contributed by atoms with Gasteiger partial charge in [-0.05, 0) is 103 Å². The Kier molecular flexibility index (Phi) is 15.5. The molecule has 0 spiro atoms. The fourth-order valence-electron chi connectivity index (χ4n) is 8.05. The van der Waals surface area contributed by atoms with Crippen LogP contribution < -0.4 is 20.1 Å². The minimum Gasteiger partial charge on any atom is -0.337 e. The van der Waals surface area contributed by atoms with Gasteiger partial charge in [-0.2, -0.15) is 0 Å². The minimum atomic E-state index is -3.91. The number of aryl methyl sites for hydroxylation is 8. The highest BCUT2D eigenvalue weighted by atomic mass is 32.2. The van der Waals surface area contributed by atoms with Crippen LogP contribution in [0.5, 0.6) is 0 Å². The molecule has 0 saturated heterocycles. The number of benzene rings is 4. The van der Waals surface area contributed by atoms with Gasteiger partial charge >= 0.3 is 12.1 Å². The van der Waals surface area contributed by atoms with Gasteiger partial charge in [-0.1, -0.05) is 97.8 Å². The second-order valence-electron chi connectivity index (χ2n) is 17.1. The zero-order valence-electron chi connectivity index (χ0n) is 40.6. The van der Waals surface area contributed by atoms with Crippen molar-refractivity contribution in [3.63, 3.8) is 0 Å². The summed E-state index contributed by atoms with van der Waals surface area (Å²) in [5, 5.41) is 5.23. The van der Waals surface area contributed by atoms with Crippen molar-refractivity contribution >= 4 is 43.4 Å². The van der Waals surface area contributed by atoms with E-state index in [1.807, 2.05) is 102 Å². The highest BCUT2D eigenvalue weighted by molar-refractivity contribution is 7.90. The fourth-order valence-corrected chi connectivity index (χ4v) is 9.91. The van der Waals surface area contributed by atoms with Crippen LogP contribution in [0, 0.1) is 41.5 Å². The molecular formula is C52H58N10O6S2. The number of aromatic nitrogens is 6. The third-order valence-electron chi connectivity index (χ3n) is 11.6. The van der Waals surface area contributed by atoms with E-state index in [-0.39, 0.29) is 9.79 Å². The molecule has 0 aliphatic carbocycles. The second kappa shape index (κ2) is 21.5. The summed E-state index contributed by atoms with van der Waals surface area (Å²) in [6, 6.07) is 27.4. The summed E-state index contributed by atoms with van der Waals surface area (Å²) in [7, 11) is -7.82. The van der Waals surface area contributed by atoms with E-state index in [0.717, 1.165) is 103 Å². The van der Waals surface area contributed by atoms with Crippen LogP contribution in [0.2, 0.25) is 0 Å². The van der Waals surface area contributed by atoms with Gasteiger partial charge in [0.2, 0.25) is 0 Å². The maximum atomic E-state index is 12.3. The topological polar surface area (TPSA) is 211 Å². The number of amides is 4. The maximum absolute atomic E-state index is 12.3. The zero-order valence-corrected chi connectivity index (χ0v) is 42.2. The van der Waals surface area contributed by atoms with E-state index >= 15 is 0 Å². The van der Waals surface area contributed by atoms with E-state index < -0.39 is 32.1 Å². The molecule has 0 atom stereocenters. The molecule has 4 heterocycles. The molecule has 8 aromatic rings. The predicted molar refractivity (Wildman–Crippen MR) is 272 cm³/mol. The maximum Gasteiger partial charge on any atom is 0.328 e. The van der Waals surface area contributed by atoms with Crippen LogP contribution in [0.4, 0.5) is 9.59 Å². The number of sulfonamides is 2. The second-order valence-corrected chi connectivity index (χ2v) is 20.5. The number of urea groups is 2. The van der Waals surface area contributed by atoms with E-state index in [0.29, 0.717) is 25.9 Å². The lowest BCUT2D eigenvalue weighted by Gasteiger charge is -2.10. The predicted octanol–water partition coefficient (Wildman–Crippen LogP) is 8.23. The third kappa shape index (κ3) is 11.9. The van der Waals surface area contributed by atoms with Crippen LogP contribution in [0.15, 0.2) is 119 Å². The molecule has 4 aromatic carbocycles. The smallest absolute Gasteiger partial charge is 0.328 e. The van der Waals surface area contributed by atoms with Crippen LogP contribution in [-0.4, -0.2) is 70.7 Å². The number of fused-ring (bicyclic) bond motifs is 2. The quantitative estimate of drug-likeness (QED) is 0.0820. The van der Waals surface area contributed by atoms with Gasteiger partial charge in [-0.15, -0.1) is 0 Å². The van der Waals surface area contributed by atoms with Gasteiger partial charge in [0, 0.05) is 36.6 Å². The molecule has 0 aliphatic heterocycles. The molecule has 16 nitrogen and oxygen atoms in total. The number of carbonyl (C=O) groups is 2. The first kappa shape index (κ1) is 50.4. The minimum absolute atomic E-state index is 0.0499. The normalized spacial score (nSPS) is 11.5. The van der Waals surface area contributed by atoms with Gasteiger partial charge in [0.15, 0.2) is 11.3 Å². The summed E-state index contributed by atoms with van der Waals surface area (Å²) in [4.78, 5) is 43.0. The molecule has 4 aromatic heterocycles. The Morgan fingerprint density at radius 3 is 1.16 bits per heavy atom.